The van der Waals surface area contributed by atoms with E-state index in [4.69, 9.17) is 0 Å². The van der Waals surface area contributed by atoms with E-state index in [1.807, 2.05) is 0 Å². The Bertz CT molecular complexity index is 557. The van der Waals surface area contributed by atoms with Crippen molar-refractivity contribution in [1.82, 2.24) is 14.7 Å². The molecule has 2 heterocycles. The maximum absolute atomic E-state index is 4.64. The van der Waals surface area contributed by atoms with Crippen LogP contribution in [0.25, 0.3) is 5.69 Å². The number of rotatable bonds is 1. The maximum Gasteiger partial charge on any atom is 0.0650 e. The van der Waals surface area contributed by atoms with Gasteiger partial charge in [0.25, 0.3) is 0 Å². The van der Waals surface area contributed by atoms with Gasteiger partial charge in [0.1, 0.15) is 0 Å². The van der Waals surface area contributed by atoms with Gasteiger partial charge in [-0.05, 0) is 38.2 Å². The van der Waals surface area contributed by atoms with E-state index < -0.39 is 0 Å². The van der Waals surface area contributed by atoms with E-state index in [1.165, 1.54) is 11.3 Å². The van der Waals surface area contributed by atoms with Crippen LogP contribution in [0, 0.1) is 6.92 Å². The molecule has 0 saturated heterocycles. The molecule has 0 atom stereocenters. The van der Waals surface area contributed by atoms with Crippen molar-refractivity contribution >= 4 is 15.9 Å². The smallest absolute Gasteiger partial charge is 0.0650 e. The van der Waals surface area contributed by atoms with Crippen LogP contribution in [-0.4, -0.2) is 21.7 Å². The highest BCUT2D eigenvalue weighted by Gasteiger charge is 2.24. The Kier molecular flexibility index (Phi) is 2.56. The second-order valence-corrected chi connectivity index (χ2v) is 5.49. The van der Waals surface area contributed by atoms with Crippen molar-refractivity contribution in [3.63, 3.8) is 0 Å². The fourth-order valence-electron chi connectivity index (χ4n) is 2.35. The summed E-state index contributed by atoms with van der Waals surface area (Å²) in [5, 5.41) is 4.64. The second kappa shape index (κ2) is 3.96. The highest BCUT2D eigenvalue weighted by Crippen LogP contribution is 2.27. The van der Waals surface area contributed by atoms with Crippen LogP contribution in [0.3, 0.4) is 0 Å². The van der Waals surface area contributed by atoms with Crippen molar-refractivity contribution in [1.29, 1.82) is 0 Å². The fraction of sp³-hybridized carbons (Fsp3) is 0.308. The molecule has 0 unspecified atom stereocenters. The zero-order valence-corrected chi connectivity index (χ0v) is 11.5. The molecule has 0 saturated carbocycles. The summed E-state index contributed by atoms with van der Waals surface area (Å²) < 4.78 is 3.17. The minimum atomic E-state index is 0.978. The lowest BCUT2D eigenvalue weighted by Crippen LogP contribution is -2.11. The second-order valence-electron chi connectivity index (χ2n) is 4.57. The number of benzene rings is 1. The van der Waals surface area contributed by atoms with Crippen LogP contribution in [0.2, 0.25) is 0 Å². The number of aromatic nitrogens is 2. The largest absolute Gasteiger partial charge is 0.296 e. The summed E-state index contributed by atoms with van der Waals surface area (Å²) in [6, 6.07) is 8.29. The quantitative estimate of drug-likeness (QED) is 0.806. The molecule has 17 heavy (non-hydrogen) atoms. The molecule has 0 fully saturated rings. The Morgan fingerprint density at radius 3 is 2.59 bits per heavy atom. The monoisotopic (exact) mass is 291 g/mol. The van der Waals surface area contributed by atoms with E-state index in [1.54, 1.807) is 0 Å². The van der Waals surface area contributed by atoms with Gasteiger partial charge >= 0.3 is 0 Å². The summed E-state index contributed by atoms with van der Waals surface area (Å²) in [6.07, 6.45) is 0. The molecule has 3 rings (SSSR count). The number of halogens is 1. The number of fused-ring (bicyclic) bond motifs is 1. The minimum Gasteiger partial charge on any atom is -0.296 e. The molecule has 0 bridgehead atoms. The first-order chi connectivity index (χ1) is 8.15. The summed E-state index contributed by atoms with van der Waals surface area (Å²) in [7, 11) is 2.14. The first-order valence-corrected chi connectivity index (χ1v) is 6.46. The van der Waals surface area contributed by atoms with E-state index in [0.717, 1.165) is 28.9 Å². The Labute approximate surface area is 109 Å². The molecule has 4 heteroatoms. The molecule has 1 aromatic heterocycles. The van der Waals surface area contributed by atoms with Crippen LogP contribution >= 0.6 is 15.9 Å². The highest BCUT2D eigenvalue weighted by molar-refractivity contribution is 9.10. The fourth-order valence-corrected chi connectivity index (χ4v) is 2.62. The predicted octanol–water partition coefficient (Wildman–Crippen LogP) is 2.89. The molecule has 3 nitrogen and oxygen atoms in total. The lowest BCUT2D eigenvalue weighted by Gasteiger charge is -2.09. The molecular formula is C13H14BrN3. The van der Waals surface area contributed by atoms with Crippen molar-refractivity contribution in [3.8, 4) is 5.69 Å². The summed E-state index contributed by atoms with van der Waals surface area (Å²) in [6.45, 7) is 4.08. The van der Waals surface area contributed by atoms with E-state index >= 15 is 0 Å². The lowest BCUT2D eigenvalue weighted by atomic mass is 10.2. The van der Waals surface area contributed by atoms with Crippen molar-refractivity contribution in [2.24, 2.45) is 0 Å². The normalized spacial score (nSPS) is 15.2. The zero-order chi connectivity index (χ0) is 12.0. The molecule has 0 aliphatic carbocycles. The van der Waals surface area contributed by atoms with Crippen molar-refractivity contribution in [2.45, 2.75) is 20.0 Å². The topological polar surface area (TPSA) is 21.1 Å². The molecule has 0 radical (unpaired) electrons. The van der Waals surface area contributed by atoms with Crippen LogP contribution in [0.15, 0.2) is 28.7 Å². The Hall–Kier alpha value is -1.13. The van der Waals surface area contributed by atoms with Gasteiger partial charge in [0.2, 0.25) is 0 Å². The molecule has 2 aromatic rings. The van der Waals surface area contributed by atoms with Gasteiger partial charge in [-0.3, -0.25) is 4.90 Å². The van der Waals surface area contributed by atoms with Crippen molar-refractivity contribution in [3.05, 3.63) is 45.7 Å². The van der Waals surface area contributed by atoms with Crippen LogP contribution in [0.4, 0.5) is 0 Å². The predicted molar refractivity (Wildman–Crippen MR) is 71.2 cm³/mol. The van der Waals surface area contributed by atoms with Crippen molar-refractivity contribution in [2.75, 3.05) is 7.05 Å². The van der Waals surface area contributed by atoms with E-state index in [-0.39, 0.29) is 0 Å². The maximum atomic E-state index is 4.64. The number of nitrogens with zero attached hydrogens (tertiary/aromatic N) is 3. The number of aryl methyl sites for hydroxylation is 1. The third-order valence-corrected chi connectivity index (χ3v) is 3.74. The molecule has 1 aliphatic rings. The molecular weight excluding hydrogens is 278 g/mol. The van der Waals surface area contributed by atoms with Gasteiger partial charge in [-0.1, -0.05) is 15.9 Å². The number of hydrogen-bond acceptors (Lipinski definition) is 2. The third kappa shape index (κ3) is 1.81. The van der Waals surface area contributed by atoms with Gasteiger partial charge in [0, 0.05) is 23.1 Å². The molecule has 0 spiro atoms. The van der Waals surface area contributed by atoms with E-state index in [2.05, 4.69) is 68.8 Å². The van der Waals surface area contributed by atoms with Gasteiger partial charge in [0.05, 0.1) is 17.1 Å². The van der Waals surface area contributed by atoms with E-state index in [9.17, 15) is 0 Å². The Morgan fingerprint density at radius 1 is 1.18 bits per heavy atom. The highest BCUT2D eigenvalue weighted by atomic mass is 79.9. The number of hydrogen-bond donors (Lipinski definition) is 0. The SMILES string of the molecule is Cc1nn(-c2ccc(Br)cc2)c2c1CN(C)C2. The lowest BCUT2D eigenvalue weighted by molar-refractivity contribution is 0.345. The summed E-state index contributed by atoms with van der Waals surface area (Å²) in [5.74, 6) is 0. The zero-order valence-electron chi connectivity index (χ0n) is 9.94. The molecule has 0 amide bonds. The summed E-state index contributed by atoms with van der Waals surface area (Å²) in [4.78, 5) is 2.31. The average molecular weight is 292 g/mol. The molecule has 0 N–H and O–H groups in total. The van der Waals surface area contributed by atoms with Gasteiger partial charge in [-0.2, -0.15) is 5.10 Å². The minimum absolute atomic E-state index is 0.978. The van der Waals surface area contributed by atoms with Crippen LogP contribution in [0.1, 0.15) is 17.0 Å². The Balaban J connectivity index is 2.10. The molecule has 1 aliphatic heterocycles. The van der Waals surface area contributed by atoms with Crippen LogP contribution in [0.5, 0.6) is 0 Å². The van der Waals surface area contributed by atoms with Gasteiger partial charge in [-0.15, -0.1) is 0 Å². The van der Waals surface area contributed by atoms with Crippen molar-refractivity contribution < 1.29 is 0 Å². The summed E-state index contributed by atoms with van der Waals surface area (Å²) in [5.41, 5.74) is 4.99. The Morgan fingerprint density at radius 2 is 1.88 bits per heavy atom. The van der Waals surface area contributed by atoms with Gasteiger partial charge in [-0.25, -0.2) is 4.68 Å². The van der Waals surface area contributed by atoms with E-state index in [0.29, 0.717) is 0 Å². The standard InChI is InChI=1S/C13H14BrN3/c1-9-12-7-16(2)8-13(12)17(15-9)11-5-3-10(14)4-6-11/h3-6H,7-8H2,1-2H3. The average Bonchev–Trinajstić information content (AvgIpc) is 2.80. The molecule has 1 aromatic carbocycles. The van der Waals surface area contributed by atoms with Gasteiger partial charge < -0.3 is 0 Å². The first kappa shape index (κ1) is 11.0. The first-order valence-electron chi connectivity index (χ1n) is 5.67. The van der Waals surface area contributed by atoms with Crippen LogP contribution in [-0.2, 0) is 13.1 Å². The third-order valence-electron chi connectivity index (χ3n) is 3.21. The summed E-state index contributed by atoms with van der Waals surface area (Å²) >= 11 is 3.46. The molecule has 88 valence electrons. The van der Waals surface area contributed by atoms with Gasteiger partial charge in [0.15, 0.2) is 0 Å². The van der Waals surface area contributed by atoms with Crippen LogP contribution < -0.4 is 0 Å².